The van der Waals surface area contributed by atoms with E-state index in [-0.39, 0.29) is 11.2 Å². The van der Waals surface area contributed by atoms with Gasteiger partial charge in [0.2, 0.25) is 5.24 Å². The van der Waals surface area contributed by atoms with Crippen molar-refractivity contribution < 1.29 is 4.79 Å². The maximum absolute atomic E-state index is 11.2. The lowest BCUT2D eigenvalue weighted by molar-refractivity contribution is -0.119. The minimum absolute atomic E-state index is 0.116. The van der Waals surface area contributed by atoms with Gasteiger partial charge in [-0.15, -0.1) is 0 Å². The third-order valence-electron chi connectivity index (χ3n) is 3.31. The molecule has 0 aromatic rings. The zero-order valence-electron chi connectivity index (χ0n) is 8.72. The van der Waals surface area contributed by atoms with Crippen LogP contribution in [0, 0.1) is 23.7 Å². The summed E-state index contributed by atoms with van der Waals surface area (Å²) < 4.78 is 0. The summed E-state index contributed by atoms with van der Waals surface area (Å²) in [6, 6.07) is 0. The van der Waals surface area contributed by atoms with Crippen LogP contribution in [-0.2, 0) is 4.79 Å². The van der Waals surface area contributed by atoms with Crippen LogP contribution in [-0.4, -0.2) is 5.24 Å². The van der Waals surface area contributed by atoms with Crippen molar-refractivity contribution in [3.63, 3.8) is 0 Å². The minimum Gasteiger partial charge on any atom is -0.281 e. The molecule has 2 heteroatoms. The van der Waals surface area contributed by atoms with Crippen LogP contribution < -0.4 is 0 Å². The molecule has 1 saturated carbocycles. The maximum Gasteiger partial charge on any atom is 0.225 e. The molecule has 13 heavy (non-hydrogen) atoms. The highest BCUT2D eigenvalue weighted by atomic mass is 35.5. The first-order valence-electron chi connectivity index (χ1n) is 5.21. The molecule has 0 amide bonds. The van der Waals surface area contributed by atoms with E-state index in [1.807, 2.05) is 0 Å². The second kappa shape index (κ2) is 4.45. The highest BCUT2D eigenvalue weighted by Gasteiger charge is 2.34. The highest BCUT2D eigenvalue weighted by Crippen LogP contribution is 2.38. The SMILES string of the molecule is CC(C)[C@@H]1CC[C@@H](C)CC1C(=O)Cl. The monoisotopic (exact) mass is 202 g/mol. The van der Waals surface area contributed by atoms with Gasteiger partial charge >= 0.3 is 0 Å². The Morgan fingerprint density at radius 3 is 2.46 bits per heavy atom. The highest BCUT2D eigenvalue weighted by molar-refractivity contribution is 6.64. The molecule has 0 bridgehead atoms. The Kier molecular flexibility index (Phi) is 3.78. The van der Waals surface area contributed by atoms with Crippen molar-refractivity contribution in [3.05, 3.63) is 0 Å². The Bertz CT molecular complexity index is 189. The number of rotatable bonds is 2. The molecule has 76 valence electrons. The van der Waals surface area contributed by atoms with Crippen LogP contribution in [0.4, 0.5) is 0 Å². The summed E-state index contributed by atoms with van der Waals surface area (Å²) in [4.78, 5) is 11.2. The van der Waals surface area contributed by atoms with Gasteiger partial charge in [-0.1, -0.05) is 27.2 Å². The summed E-state index contributed by atoms with van der Waals surface area (Å²) in [6.07, 6.45) is 3.41. The van der Waals surface area contributed by atoms with E-state index in [2.05, 4.69) is 20.8 Å². The molecule has 0 aliphatic heterocycles. The van der Waals surface area contributed by atoms with Crippen molar-refractivity contribution in [1.82, 2.24) is 0 Å². The molecule has 0 heterocycles. The van der Waals surface area contributed by atoms with Crippen LogP contribution in [0.1, 0.15) is 40.0 Å². The van der Waals surface area contributed by atoms with E-state index in [1.54, 1.807) is 0 Å². The van der Waals surface area contributed by atoms with E-state index in [0.717, 1.165) is 6.42 Å². The van der Waals surface area contributed by atoms with Crippen LogP contribution >= 0.6 is 11.6 Å². The molecule has 1 nitrogen and oxygen atoms in total. The van der Waals surface area contributed by atoms with Gasteiger partial charge in [0, 0.05) is 5.92 Å². The zero-order valence-corrected chi connectivity index (χ0v) is 9.47. The summed E-state index contributed by atoms with van der Waals surface area (Å²) >= 11 is 5.62. The minimum atomic E-state index is -0.120. The standard InChI is InChI=1S/C11H19ClO/c1-7(2)9-5-4-8(3)6-10(9)11(12)13/h7-10H,4-6H2,1-3H3/t8-,9+,10?/m1/s1. The summed E-state index contributed by atoms with van der Waals surface area (Å²) in [5.41, 5.74) is 0. The molecule has 0 N–H and O–H groups in total. The third kappa shape index (κ3) is 2.70. The summed E-state index contributed by atoms with van der Waals surface area (Å²) in [6.45, 7) is 6.59. The molecule has 0 aromatic heterocycles. The number of hydrogen-bond donors (Lipinski definition) is 0. The lowest BCUT2D eigenvalue weighted by Crippen LogP contribution is -2.31. The Morgan fingerprint density at radius 2 is 2.00 bits per heavy atom. The Balaban J connectivity index is 2.66. The zero-order chi connectivity index (χ0) is 10.0. The van der Waals surface area contributed by atoms with Gasteiger partial charge in [-0.3, -0.25) is 4.79 Å². The molecule has 1 unspecified atom stereocenters. The van der Waals surface area contributed by atoms with Crippen molar-refractivity contribution in [2.45, 2.75) is 40.0 Å². The maximum atomic E-state index is 11.2. The quantitative estimate of drug-likeness (QED) is 0.627. The third-order valence-corrected chi connectivity index (χ3v) is 3.59. The summed E-state index contributed by atoms with van der Waals surface area (Å²) in [5, 5.41) is -0.120. The van der Waals surface area contributed by atoms with Crippen molar-refractivity contribution in [3.8, 4) is 0 Å². The van der Waals surface area contributed by atoms with Gasteiger partial charge in [0.25, 0.3) is 0 Å². The van der Waals surface area contributed by atoms with Gasteiger partial charge in [-0.25, -0.2) is 0 Å². The van der Waals surface area contributed by atoms with E-state index < -0.39 is 0 Å². The molecule has 1 aliphatic rings. The normalized spacial score (nSPS) is 35.0. The first kappa shape index (κ1) is 11.0. The van der Waals surface area contributed by atoms with E-state index in [9.17, 15) is 4.79 Å². The van der Waals surface area contributed by atoms with Gasteiger partial charge in [0.15, 0.2) is 0 Å². The second-order valence-electron chi connectivity index (χ2n) is 4.74. The first-order valence-corrected chi connectivity index (χ1v) is 5.59. The van der Waals surface area contributed by atoms with E-state index in [4.69, 9.17) is 11.6 Å². The molecular weight excluding hydrogens is 184 g/mol. The lowest BCUT2D eigenvalue weighted by atomic mass is 9.71. The van der Waals surface area contributed by atoms with E-state index in [1.165, 1.54) is 12.8 Å². The van der Waals surface area contributed by atoms with Crippen LogP contribution in [0.3, 0.4) is 0 Å². The fraction of sp³-hybridized carbons (Fsp3) is 0.909. The number of hydrogen-bond acceptors (Lipinski definition) is 1. The molecule has 1 rings (SSSR count). The van der Waals surface area contributed by atoms with Crippen LogP contribution in [0.2, 0.25) is 0 Å². The van der Waals surface area contributed by atoms with Gasteiger partial charge in [-0.05, 0) is 42.2 Å². The molecule has 0 spiro atoms. The predicted octanol–water partition coefficient (Wildman–Crippen LogP) is 3.46. The van der Waals surface area contributed by atoms with Crippen molar-refractivity contribution in [2.24, 2.45) is 23.7 Å². The van der Waals surface area contributed by atoms with E-state index >= 15 is 0 Å². The average Bonchev–Trinajstić information content (AvgIpc) is 2.03. The number of carbonyl (C=O) groups is 1. The largest absolute Gasteiger partial charge is 0.281 e. The van der Waals surface area contributed by atoms with Gasteiger partial charge in [0.1, 0.15) is 0 Å². The molecule has 1 aliphatic carbocycles. The van der Waals surface area contributed by atoms with Gasteiger partial charge in [-0.2, -0.15) is 0 Å². The fourth-order valence-corrected chi connectivity index (χ4v) is 2.71. The Labute approximate surface area is 85.8 Å². The number of halogens is 1. The van der Waals surface area contributed by atoms with Crippen molar-refractivity contribution in [1.29, 1.82) is 0 Å². The van der Waals surface area contributed by atoms with E-state index in [0.29, 0.717) is 17.8 Å². The predicted molar refractivity (Wildman–Crippen MR) is 55.7 cm³/mol. The van der Waals surface area contributed by atoms with Crippen LogP contribution in [0.15, 0.2) is 0 Å². The Morgan fingerprint density at radius 1 is 1.38 bits per heavy atom. The van der Waals surface area contributed by atoms with Crippen LogP contribution in [0.5, 0.6) is 0 Å². The topological polar surface area (TPSA) is 17.1 Å². The molecular formula is C11H19ClO. The fourth-order valence-electron chi connectivity index (χ4n) is 2.46. The molecule has 3 atom stereocenters. The van der Waals surface area contributed by atoms with Crippen molar-refractivity contribution in [2.75, 3.05) is 0 Å². The first-order chi connectivity index (χ1) is 6.02. The average molecular weight is 203 g/mol. The lowest BCUT2D eigenvalue weighted by Gasteiger charge is -2.35. The summed E-state index contributed by atoms with van der Waals surface area (Å²) in [7, 11) is 0. The summed E-state index contributed by atoms with van der Waals surface area (Å²) in [5.74, 6) is 1.88. The van der Waals surface area contributed by atoms with Gasteiger partial charge < -0.3 is 0 Å². The molecule has 0 radical (unpaired) electrons. The van der Waals surface area contributed by atoms with Gasteiger partial charge in [0.05, 0.1) is 0 Å². The molecule has 0 saturated heterocycles. The Hall–Kier alpha value is -0.0400. The van der Waals surface area contributed by atoms with Crippen molar-refractivity contribution >= 4 is 16.8 Å². The van der Waals surface area contributed by atoms with Crippen LogP contribution in [0.25, 0.3) is 0 Å². The smallest absolute Gasteiger partial charge is 0.225 e. The second-order valence-corrected chi connectivity index (χ2v) is 5.11. The molecule has 1 fully saturated rings. The number of carbonyl (C=O) groups excluding carboxylic acids is 1. The molecule has 0 aromatic carbocycles.